The van der Waals surface area contributed by atoms with E-state index in [0.717, 1.165) is 5.56 Å². The molecule has 1 aromatic carbocycles. The molecule has 5 heteroatoms. The third kappa shape index (κ3) is 2.26. The fourth-order valence-electron chi connectivity index (χ4n) is 1.74. The average molecular weight is 250 g/mol. The molecule has 0 aliphatic heterocycles. The van der Waals surface area contributed by atoms with Crippen molar-refractivity contribution in [3.8, 4) is 0 Å². The summed E-state index contributed by atoms with van der Waals surface area (Å²) >= 11 is 6.13. The lowest BCUT2D eigenvalue weighted by atomic mass is 10.1. The van der Waals surface area contributed by atoms with Crippen LogP contribution in [0.15, 0.2) is 53.9 Å². The lowest BCUT2D eigenvalue weighted by Crippen LogP contribution is -2.27. The molecule has 1 aromatic heterocycles. The third-order valence-corrected chi connectivity index (χ3v) is 2.87. The Hall–Kier alpha value is -1.94. The van der Waals surface area contributed by atoms with Gasteiger partial charge in [0.25, 0.3) is 0 Å². The van der Waals surface area contributed by atoms with Crippen LogP contribution in [-0.4, -0.2) is 15.6 Å². The predicted molar refractivity (Wildman–Crippen MR) is 67.4 cm³/mol. The second-order valence-electron chi connectivity index (χ2n) is 3.58. The molecule has 0 amide bonds. The highest BCUT2D eigenvalue weighted by atomic mass is 35.5. The van der Waals surface area contributed by atoms with Crippen LogP contribution in [0.2, 0.25) is 5.02 Å². The molecule has 3 N–H and O–H groups in total. The molecule has 4 nitrogen and oxygen atoms in total. The molecule has 2 rings (SSSR count). The Bertz CT molecular complexity index is 522. The largest absolute Gasteiger partial charge is 0.409 e. The second-order valence-corrected chi connectivity index (χ2v) is 3.99. The minimum Gasteiger partial charge on any atom is -0.409 e. The average Bonchev–Trinajstić information content (AvgIpc) is 2.85. The summed E-state index contributed by atoms with van der Waals surface area (Å²) in [5, 5.41) is 12.5. The molecule has 0 radical (unpaired) electrons. The Morgan fingerprint density at radius 3 is 2.47 bits per heavy atom. The highest BCUT2D eigenvalue weighted by molar-refractivity contribution is 6.31. The van der Waals surface area contributed by atoms with E-state index in [9.17, 15) is 0 Å². The van der Waals surface area contributed by atoms with Gasteiger partial charge in [-0.2, -0.15) is 0 Å². The maximum atomic E-state index is 8.86. The number of rotatable bonds is 3. The topological polar surface area (TPSA) is 63.5 Å². The van der Waals surface area contributed by atoms with E-state index < -0.39 is 6.04 Å². The molecular weight excluding hydrogens is 238 g/mol. The summed E-state index contributed by atoms with van der Waals surface area (Å²) in [4.78, 5) is 0. The number of hydrogen-bond donors (Lipinski definition) is 2. The Balaban J connectivity index is 2.52. The lowest BCUT2D eigenvalue weighted by Gasteiger charge is -2.19. The van der Waals surface area contributed by atoms with Crippen molar-refractivity contribution in [3.63, 3.8) is 0 Å². The lowest BCUT2D eigenvalue weighted by molar-refractivity contribution is 0.315. The maximum absolute atomic E-state index is 8.86. The van der Waals surface area contributed by atoms with Gasteiger partial charge < -0.3 is 15.5 Å². The monoisotopic (exact) mass is 249 g/mol. The molecule has 2 aromatic rings. The Kier molecular flexibility index (Phi) is 3.35. The highest BCUT2D eigenvalue weighted by Gasteiger charge is 2.20. The zero-order valence-electron chi connectivity index (χ0n) is 8.99. The number of halogens is 1. The molecule has 0 spiro atoms. The van der Waals surface area contributed by atoms with Crippen LogP contribution in [0.25, 0.3) is 0 Å². The number of amidine groups is 1. The molecule has 0 aliphatic carbocycles. The Morgan fingerprint density at radius 2 is 1.88 bits per heavy atom. The van der Waals surface area contributed by atoms with Gasteiger partial charge in [-0.15, -0.1) is 0 Å². The Morgan fingerprint density at radius 1 is 1.24 bits per heavy atom. The minimum absolute atomic E-state index is 0.0919. The quantitative estimate of drug-likeness (QED) is 0.380. The number of hydrogen-bond acceptors (Lipinski definition) is 2. The van der Waals surface area contributed by atoms with Crippen molar-refractivity contribution in [2.75, 3.05) is 0 Å². The molecule has 0 fully saturated rings. The highest BCUT2D eigenvalue weighted by Crippen LogP contribution is 2.26. The van der Waals surface area contributed by atoms with Gasteiger partial charge in [-0.05, 0) is 18.2 Å². The van der Waals surface area contributed by atoms with Crippen LogP contribution in [0.3, 0.4) is 0 Å². The van der Waals surface area contributed by atoms with Crippen LogP contribution in [0.4, 0.5) is 0 Å². The van der Waals surface area contributed by atoms with Crippen LogP contribution in [0, 0.1) is 0 Å². The number of benzene rings is 1. The van der Waals surface area contributed by atoms with Gasteiger partial charge in [0, 0.05) is 23.0 Å². The molecule has 0 saturated heterocycles. The molecule has 17 heavy (non-hydrogen) atoms. The van der Waals surface area contributed by atoms with Gasteiger partial charge >= 0.3 is 0 Å². The molecular formula is C12H12ClN3O. The molecule has 1 atom stereocenters. The van der Waals surface area contributed by atoms with Crippen molar-refractivity contribution >= 4 is 17.4 Å². The SMILES string of the molecule is NC(=NO)[C@H](c1ccccc1Cl)n1cccc1. The van der Waals surface area contributed by atoms with Gasteiger partial charge in [-0.25, -0.2) is 0 Å². The van der Waals surface area contributed by atoms with E-state index in [1.165, 1.54) is 0 Å². The van der Waals surface area contributed by atoms with Crippen molar-refractivity contribution < 1.29 is 5.21 Å². The van der Waals surface area contributed by atoms with Gasteiger partial charge in [0.2, 0.25) is 0 Å². The first-order valence-corrected chi connectivity index (χ1v) is 5.46. The van der Waals surface area contributed by atoms with Gasteiger partial charge in [0.15, 0.2) is 5.84 Å². The summed E-state index contributed by atoms with van der Waals surface area (Å²) in [6.07, 6.45) is 3.68. The standard InChI is InChI=1S/C12H12ClN3O/c13-10-6-2-1-5-9(10)11(12(14)15-17)16-7-3-4-8-16/h1-8,11,17H,(H2,14,15)/t11-/m0/s1. The van der Waals surface area contributed by atoms with E-state index in [1.54, 1.807) is 6.07 Å². The van der Waals surface area contributed by atoms with E-state index in [-0.39, 0.29) is 5.84 Å². The Labute approximate surface area is 104 Å². The molecule has 0 bridgehead atoms. The minimum atomic E-state index is -0.399. The summed E-state index contributed by atoms with van der Waals surface area (Å²) < 4.78 is 1.83. The van der Waals surface area contributed by atoms with Crippen LogP contribution in [0.1, 0.15) is 11.6 Å². The summed E-state index contributed by atoms with van der Waals surface area (Å²) in [5.74, 6) is 0.0919. The van der Waals surface area contributed by atoms with E-state index in [2.05, 4.69) is 5.16 Å². The smallest absolute Gasteiger partial charge is 0.166 e. The maximum Gasteiger partial charge on any atom is 0.166 e. The van der Waals surface area contributed by atoms with Gasteiger partial charge in [0.1, 0.15) is 6.04 Å². The number of nitrogens with two attached hydrogens (primary N) is 1. The zero-order chi connectivity index (χ0) is 12.3. The first-order chi connectivity index (χ1) is 8.24. The van der Waals surface area contributed by atoms with Gasteiger partial charge in [-0.1, -0.05) is 35.0 Å². The van der Waals surface area contributed by atoms with Crippen molar-refractivity contribution in [1.82, 2.24) is 4.57 Å². The van der Waals surface area contributed by atoms with Crippen LogP contribution < -0.4 is 5.73 Å². The summed E-state index contributed by atoms with van der Waals surface area (Å²) in [5.41, 5.74) is 6.52. The molecule has 0 unspecified atom stereocenters. The first kappa shape index (κ1) is 11.5. The van der Waals surface area contributed by atoms with Crippen LogP contribution in [-0.2, 0) is 0 Å². The van der Waals surface area contributed by atoms with Crippen LogP contribution in [0.5, 0.6) is 0 Å². The molecule has 0 aliphatic rings. The normalized spacial score (nSPS) is 13.6. The predicted octanol–water partition coefficient (Wildman–Crippen LogP) is 2.48. The molecule has 1 heterocycles. The van der Waals surface area contributed by atoms with Gasteiger partial charge in [-0.3, -0.25) is 0 Å². The summed E-state index contributed by atoms with van der Waals surface area (Å²) in [6, 6.07) is 10.7. The number of nitrogens with zero attached hydrogens (tertiary/aromatic N) is 2. The van der Waals surface area contributed by atoms with Gasteiger partial charge in [0.05, 0.1) is 0 Å². The fourth-order valence-corrected chi connectivity index (χ4v) is 1.98. The second kappa shape index (κ2) is 4.93. The third-order valence-electron chi connectivity index (χ3n) is 2.52. The van der Waals surface area contributed by atoms with E-state index in [4.69, 9.17) is 22.5 Å². The van der Waals surface area contributed by atoms with E-state index >= 15 is 0 Å². The summed E-state index contributed by atoms with van der Waals surface area (Å²) in [7, 11) is 0. The van der Waals surface area contributed by atoms with Crippen molar-refractivity contribution in [1.29, 1.82) is 0 Å². The fraction of sp³-hybridized carbons (Fsp3) is 0.0833. The van der Waals surface area contributed by atoms with Crippen LogP contribution >= 0.6 is 11.6 Å². The number of aromatic nitrogens is 1. The molecule has 88 valence electrons. The number of oxime groups is 1. The zero-order valence-corrected chi connectivity index (χ0v) is 9.75. The van der Waals surface area contributed by atoms with Crippen molar-refractivity contribution in [2.45, 2.75) is 6.04 Å². The summed E-state index contributed by atoms with van der Waals surface area (Å²) in [6.45, 7) is 0. The first-order valence-electron chi connectivity index (χ1n) is 5.08. The van der Waals surface area contributed by atoms with Crippen molar-refractivity contribution in [2.24, 2.45) is 10.9 Å². The van der Waals surface area contributed by atoms with Crippen molar-refractivity contribution in [3.05, 3.63) is 59.4 Å². The molecule has 0 saturated carbocycles. The van der Waals surface area contributed by atoms with E-state index in [1.807, 2.05) is 47.3 Å². The van der Waals surface area contributed by atoms with E-state index in [0.29, 0.717) is 5.02 Å².